The normalized spacial score (nSPS) is 44.7. The number of rotatable bonds is 10. The Labute approximate surface area is 332 Å². The average Bonchev–Trinajstić information content (AvgIpc) is 3.54. The van der Waals surface area contributed by atoms with Crippen molar-refractivity contribution in [1.82, 2.24) is 0 Å². The molecule has 0 aromatic rings. The highest BCUT2D eigenvalue weighted by molar-refractivity contribution is 5.76. The lowest BCUT2D eigenvalue weighted by Crippen LogP contribution is -2.60. The highest BCUT2D eigenvalue weighted by Gasteiger charge is 2.54. The number of aliphatic hydroxyl groups excluding tert-OH is 2. The maximum absolute atomic E-state index is 11.6. The number of aliphatic carboxylic acids is 1. The summed E-state index contributed by atoms with van der Waals surface area (Å²) >= 11 is 0. The number of carboxylic acids is 1. The van der Waals surface area contributed by atoms with Gasteiger partial charge in [-0.15, -0.1) is 0 Å². The van der Waals surface area contributed by atoms with Gasteiger partial charge in [0.15, 0.2) is 23.0 Å². The Kier molecular flexibility index (Phi) is 12.7. The molecule has 16 atom stereocenters. The van der Waals surface area contributed by atoms with Crippen LogP contribution in [0.25, 0.3) is 0 Å². The third-order valence-electron chi connectivity index (χ3n) is 13.9. The maximum atomic E-state index is 11.6. The van der Waals surface area contributed by atoms with Gasteiger partial charge in [-0.25, -0.2) is 4.79 Å². The van der Waals surface area contributed by atoms with Gasteiger partial charge in [-0.1, -0.05) is 45.1 Å². The van der Waals surface area contributed by atoms with Crippen molar-refractivity contribution in [2.75, 3.05) is 6.61 Å². The molecular formula is C44H68O12. The summed E-state index contributed by atoms with van der Waals surface area (Å²) in [6.07, 6.45) is 13.0. The predicted molar refractivity (Wildman–Crippen MR) is 206 cm³/mol. The number of carboxylic acid groups (broad SMARTS) is 1. The molecule has 316 valence electrons. The molecule has 3 spiro atoms. The molecule has 0 aromatic carbocycles. The highest BCUT2D eigenvalue weighted by Crippen LogP contribution is 2.47. The Hall–Kier alpha value is -1.71. The van der Waals surface area contributed by atoms with Crippen LogP contribution < -0.4 is 0 Å². The third kappa shape index (κ3) is 9.05. The fourth-order valence-corrected chi connectivity index (χ4v) is 10.6. The van der Waals surface area contributed by atoms with Crippen molar-refractivity contribution >= 4 is 5.97 Å². The van der Waals surface area contributed by atoms with Crippen LogP contribution in [0.4, 0.5) is 0 Å². The smallest absolute Gasteiger partial charge is 0.335 e. The summed E-state index contributed by atoms with van der Waals surface area (Å²) in [6.45, 7) is 14.8. The number of aliphatic hydroxyl groups is 3. The number of fused-ring (bicyclic) bond motifs is 1. The van der Waals surface area contributed by atoms with Gasteiger partial charge in [-0.3, -0.25) is 0 Å². The van der Waals surface area contributed by atoms with Gasteiger partial charge < -0.3 is 53.6 Å². The number of carbonyl (C=O) groups is 1. The van der Waals surface area contributed by atoms with Crippen LogP contribution in [0, 0.1) is 17.8 Å². The van der Waals surface area contributed by atoms with E-state index in [1.807, 2.05) is 6.08 Å². The zero-order valence-corrected chi connectivity index (χ0v) is 34.2. The first-order valence-electron chi connectivity index (χ1n) is 21.6. The van der Waals surface area contributed by atoms with Gasteiger partial charge in [0, 0.05) is 44.4 Å². The third-order valence-corrected chi connectivity index (χ3v) is 13.9. The fraction of sp³-hybridized carbons (Fsp3) is 0.841. The molecule has 0 aliphatic carbocycles. The van der Waals surface area contributed by atoms with Crippen molar-refractivity contribution in [3.63, 3.8) is 0 Å². The second-order valence-electron chi connectivity index (χ2n) is 18.8. The minimum absolute atomic E-state index is 0.00341. The van der Waals surface area contributed by atoms with E-state index >= 15 is 0 Å². The topological polar surface area (TPSA) is 163 Å². The average molecular weight is 789 g/mol. The van der Waals surface area contributed by atoms with Gasteiger partial charge in [-0.2, -0.15) is 0 Å². The molecule has 0 aromatic heterocycles. The van der Waals surface area contributed by atoms with Gasteiger partial charge in [-0.05, 0) is 95.1 Å². The van der Waals surface area contributed by atoms with Gasteiger partial charge in [0.1, 0.15) is 18.3 Å². The van der Waals surface area contributed by atoms with Crippen LogP contribution in [0.3, 0.4) is 0 Å². The summed E-state index contributed by atoms with van der Waals surface area (Å²) in [4.78, 5) is 11.6. The van der Waals surface area contributed by atoms with Crippen molar-refractivity contribution in [3.8, 4) is 0 Å². The molecule has 56 heavy (non-hydrogen) atoms. The summed E-state index contributed by atoms with van der Waals surface area (Å²) in [5.41, 5.74) is -0.278. The first-order valence-corrected chi connectivity index (χ1v) is 21.6. The van der Waals surface area contributed by atoms with E-state index in [1.54, 1.807) is 0 Å². The first-order chi connectivity index (χ1) is 26.5. The lowest BCUT2D eigenvalue weighted by Gasteiger charge is -2.50. The Morgan fingerprint density at radius 3 is 2.52 bits per heavy atom. The Morgan fingerprint density at radius 2 is 1.77 bits per heavy atom. The molecule has 0 saturated carbocycles. The van der Waals surface area contributed by atoms with Crippen molar-refractivity contribution in [3.05, 3.63) is 36.0 Å². The van der Waals surface area contributed by atoms with E-state index < -0.39 is 59.5 Å². The maximum Gasteiger partial charge on any atom is 0.335 e. The van der Waals surface area contributed by atoms with Gasteiger partial charge in [0.25, 0.3) is 0 Å². The van der Waals surface area contributed by atoms with E-state index in [1.165, 1.54) is 6.92 Å². The van der Waals surface area contributed by atoms with E-state index in [4.69, 9.17) is 33.2 Å². The Morgan fingerprint density at radius 1 is 1.00 bits per heavy atom. The van der Waals surface area contributed by atoms with Crippen LogP contribution in [0.1, 0.15) is 131 Å². The largest absolute Gasteiger partial charge is 0.479 e. The number of hydrogen-bond acceptors (Lipinski definition) is 11. The van der Waals surface area contributed by atoms with E-state index in [2.05, 4.69) is 46.4 Å². The molecular weight excluding hydrogens is 720 g/mol. The summed E-state index contributed by atoms with van der Waals surface area (Å²) in [5.74, 6) is -3.07. The van der Waals surface area contributed by atoms with Crippen LogP contribution in [0.2, 0.25) is 0 Å². The van der Waals surface area contributed by atoms with Crippen molar-refractivity contribution in [1.29, 1.82) is 0 Å². The van der Waals surface area contributed by atoms with E-state index in [0.29, 0.717) is 50.0 Å². The molecule has 12 heteroatoms. The molecule has 12 nitrogen and oxygen atoms in total. The van der Waals surface area contributed by atoms with Crippen LogP contribution in [0.5, 0.6) is 0 Å². The van der Waals surface area contributed by atoms with Crippen LogP contribution in [-0.2, 0) is 38.0 Å². The Bertz CT molecular complexity index is 1470. The van der Waals surface area contributed by atoms with Gasteiger partial charge in [0.05, 0.1) is 43.2 Å². The molecule has 0 amide bonds. The zero-order valence-electron chi connectivity index (χ0n) is 34.2. The lowest BCUT2D eigenvalue weighted by atomic mass is 9.79. The van der Waals surface area contributed by atoms with Crippen LogP contribution >= 0.6 is 0 Å². The van der Waals surface area contributed by atoms with Gasteiger partial charge >= 0.3 is 5.97 Å². The molecule has 7 rings (SSSR count). The molecule has 7 aliphatic heterocycles. The second kappa shape index (κ2) is 16.7. The molecule has 0 bridgehead atoms. The minimum atomic E-state index is -1.87. The number of ether oxygens (including phenoxy) is 7. The molecule has 7 aliphatic rings. The molecule has 7 heterocycles. The standard InChI is InChI=1S/C44H68O12/c1-26-22-35(54-44(24-26)17-9-10-32(53-44)25-41(6,49)40(47)48)27(2)11-12-31-14-19-43(52-31)20-15-34-39(56-43)36(46)30(5)38(51-34)33(45)23-29(4)37-28(3)13-18-42(55-37)16-7-8-21-50-42/h11-12,24,27-29,31-39,45-46,49H,5,7-10,13-23,25H2,1-4,6H3,(H,47,48)/b12-11+/t27-,28-,29+,31+,32+,33+,34-,35+,36-,37+,38+,39+,41-,42+,43?,44?/m1/s1. The van der Waals surface area contributed by atoms with Crippen molar-refractivity contribution < 1.29 is 58.4 Å². The highest BCUT2D eigenvalue weighted by atomic mass is 16.7. The van der Waals surface area contributed by atoms with Gasteiger partial charge in [0.2, 0.25) is 0 Å². The summed E-state index contributed by atoms with van der Waals surface area (Å²) in [6, 6.07) is 0. The monoisotopic (exact) mass is 788 g/mol. The SMILES string of the molecule is C=C1[C@@H](O)[C@H]2OC3(CC[C@H](/C=C/[C@@H](C)[C@@H]4CC(C)=CC5(CCC[C@@H](C[C@@](C)(O)C(=O)O)O5)O4)O3)CC[C@H]2O[C@@H]1[C@@H](O)C[C@H](C)[C@H]1O[C@@]2(CCCCO2)CC[C@H]1C. The lowest BCUT2D eigenvalue weighted by molar-refractivity contribution is -0.320. The van der Waals surface area contributed by atoms with Crippen molar-refractivity contribution in [2.24, 2.45) is 17.8 Å². The molecule has 6 saturated heterocycles. The fourth-order valence-electron chi connectivity index (χ4n) is 10.6. The molecule has 2 unspecified atom stereocenters. The van der Waals surface area contributed by atoms with E-state index in [9.17, 15) is 25.2 Å². The van der Waals surface area contributed by atoms with Crippen molar-refractivity contribution in [2.45, 2.75) is 209 Å². The van der Waals surface area contributed by atoms with E-state index in [0.717, 1.165) is 63.5 Å². The number of hydrogen-bond donors (Lipinski definition) is 4. The van der Waals surface area contributed by atoms with E-state index in [-0.39, 0.29) is 42.7 Å². The summed E-state index contributed by atoms with van der Waals surface area (Å²) in [7, 11) is 0. The quantitative estimate of drug-likeness (QED) is 0.185. The second-order valence-corrected chi connectivity index (χ2v) is 18.8. The Balaban J connectivity index is 0.911. The summed E-state index contributed by atoms with van der Waals surface area (Å²) < 4.78 is 45.6. The minimum Gasteiger partial charge on any atom is -0.479 e. The zero-order chi connectivity index (χ0) is 40.0. The van der Waals surface area contributed by atoms with Crippen LogP contribution in [0.15, 0.2) is 36.0 Å². The molecule has 0 radical (unpaired) electrons. The first kappa shape index (κ1) is 42.4. The summed E-state index contributed by atoms with van der Waals surface area (Å²) in [5, 5.41) is 42.9. The molecule has 4 N–H and O–H groups in total. The molecule has 6 fully saturated rings. The van der Waals surface area contributed by atoms with Crippen LogP contribution in [-0.4, -0.2) is 111 Å². The predicted octanol–water partition coefficient (Wildman–Crippen LogP) is 6.24.